The van der Waals surface area contributed by atoms with Crippen molar-refractivity contribution < 1.29 is 24.7 Å². The highest BCUT2D eigenvalue weighted by molar-refractivity contribution is 5.81. The summed E-state index contributed by atoms with van der Waals surface area (Å²) in [5, 5.41) is 20.5. The van der Waals surface area contributed by atoms with Crippen molar-refractivity contribution in [3.8, 4) is 0 Å². The maximum absolute atomic E-state index is 11.5. The van der Waals surface area contributed by atoms with E-state index in [0.29, 0.717) is 5.06 Å². The molecular weight excluding hydrogens is 264 g/mol. The minimum absolute atomic E-state index is 0.183. The van der Waals surface area contributed by atoms with Gasteiger partial charge in [-0.1, -0.05) is 30.3 Å². The highest BCUT2D eigenvalue weighted by Crippen LogP contribution is 2.09. The van der Waals surface area contributed by atoms with Crippen LogP contribution in [-0.4, -0.2) is 46.3 Å². The lowest BCUT2D eigenvalue weighted by molar-refractivity contribution is -0.162. The van der Waals surface area contributed by atoms with Crippen molar-refractivity contribution >= 4 is 18.3 Å². The molecule has 0 aliphatic carbocycles. The van der Waals surface area contributed by atoms with Gasteiger partial charge < -0.3 is 10.4 Å². The lowest BCUT2D eigenvalue weighted by atomic mass is 10.0. The molecule has 0 aliphatic rings. The standard InChI is InChI=1S/C13H16N2O5/c16-9-15(20)11(6-10-4-2-1-3-5-10)7-12(17)14-8-13(18)19/h1-5,9,11,20H,6-8H2,(H,14,17)(H,18,19)/t11-/m1/s1. The van der Waals surface area contributed by atoms with Gasteiger partial charge in [0.25, 0.3) is 0 Å². The maximum atomic E-state index is 11.5. The Kier molecular flexibility index (Phi) is 6.18. The van der Waals surface area contributed by atoms with Gasteiger partial charge in [-0.15, -0.1) is 0 Å². The van der Waals surface area contributed by atoms with Gasteiger partial charge in [-0.2, -0.15) is 0 Å². The Hall–Kier alpha value is -2.41. The number of carbonyl (C=O) groups excluding carboxylic acids is 2. The van der Waals surface area contributed by atoms with E-state index < -0.39 is 24.5 Å². The van der Waals surface area contributed by atoms with E-state index in [1.165, 1.54) is 0 Å². The van der Waals surface area contributed by atoms with Crippen LogP contribution in [0.25, 0.3) is 0 Å². The number of nitrogens with zero attached hydrogens (tertiary/aromatic N) is 1. The van der Waals surface area contributed by atoms with Gasteiger partial charge in [0, 0.05) is 6.42 Å². The van der Waals surface area contributed by atoms with E-state index in [-0.39, 0.29) is 19.3 Å². The van der Waals surface area contributed by atoms with Crippen molar-refractivity contribution in [1.29, 1.82) is 0 Å². The van der Waals surface area contributed by atoms with Gasteiger partial charge in [-0.3, -0.25) is 19.6 Å². The summed E-state index contributed by atoms with van der Waals surface area (Å²) in [4.78, 5) is 32.5. The first-order valence-electron chi connectivity index (χ1n) is 5.98. The Morgan fingerprint density at radius 3 is 2.50 bits per heavy atom. The fourth-order valence-electron chi connectivity index (χ4n) is 1.69. The SMILES string of the molecule is O=CN(O)[C@@H](CC(=O)NCC(=O)O)Cc1ccccc1. The van der Waals surface area contributed by atoms with Gasteiger partial charge in [0.05, 0.1) is 6.04 Å². The monoisotopic (exact) mass is 280 g/mol. The number of carbonyl (C=O) groups is 3. The molecule has 1 aromatic rings. The third kappa shape index (κ3) is 5.49. The second kappa shape index (κ2) is 7.90. The molecule has 2 amide bonds. The molecule has 0 radical (unpaired) electrons. The lowest BCUT2D eigenvalue weighted by Gasteiger charge is -2.22. The molecule has 0 saturated heterocycles. The van der Waals surface area contributed by atoms with Crippen LogP contribution in [0.1, 0.15) is 12.0 Å². The Bertz CT molecular complexity index is 463. The van der Waals surface area contributed by atoms with Crippen molar-refractivity contribution in [2.24, 2.45) is 0 Å². The lowest BCUT2D eigenvalue weighted by Crippen LogP contribution is -2.39. The third-order valence-corrected chi connectivity index (χ3v) is 2.65. The van der Waals surface area contributed by atoms with Crippen molar-refractivity contribution in [3.05, 3.63) is 35.9 Å². The molecule has 0 aromatic heterocycles. The smallest absolute Gasteiger partial charge is 0.322 e. The average molecular weight is 280 g/mol. The molecule has 1 atom stereocenters. The summed E-state index contributed by atoms with van der Waals surface area (Å²) in [5.74, 6) is -1.71. The van der Waals surface area contributed by atoms with E-state index in [0.717, 1.165) is 5.56 Å². The molecule has 20 heavy (non-hydrogen) atoms. The van der Waals surface area contributed by atoms with Gasteiger partial charge in [-0.25, -0.2) is 5.06 Å². The van der Waals surface area contributed by atoms with Gasteiger partial charge in [0.2, 0.25) is 12.3 Å². The molecule has 7 nitrogen and oxygen atoms in total. The van der Waals surface area contributed by atoms with Crippen LogP contribution in [0.3, 0.4) is 0 Å². The van der Waals surface area contributed by atoms with Crippen LogP contribution in [0.2, 0.25) is 0 Å². The van der Waals surface area contributed by atoms with E-state index in [1.807, 2.05) is 6.07 Å². The first-order valence-corrected chi connectivity index (χ1v) is 5.98. The fourth-order valence-corrected chi connectivity index (χ4v) is 1.69. The van der Waals surface area contributed by atoms with E-state index in [4.69, 9.17) is 5.11 Å². The Morgan fingerprint density at radius 2 is 1.95 bits per heavy atom. The minimum Gasteiger partial charge on any atom is -0.480 e. The normalized spacial score (nSPS) is 11.4. The number of hydroxylamine groups is 2. The largest absolute Gasteiger partial charge is 0.480 e. The maximum Gasteiger partial charge on any atom is 0.322 e. The third-order valence-electron chi connectivity index (χ3n) is 2.65. The van der Waals surface area contributed by atoms with Crippen molar-refractivity contribution in [2.75, 3.05) is 6.54 Å². The van der Waals surface area contributed by atoms with E-state index in [2.05, 4.69) is 5.32 Å². The van der Waals surface area contributed by atoms with E-state index in [9.17, 15) is 19.6 Å². The zero-order valence-corrected chi connectivity index (χ0v) is 10.7. The van der Waals surface area contributed by atoms with Crippen LogP contribution in [0.5, 0.6) is 0 Å². The molecule has 1 rings (SSSR count). The summed E-state index contributed by atoms with van der Waals surface area (Å²) in [5.41, 5.74) is 0.851. The number of amides is 2. The number of carboxylic acid groups (broad SMARTS) is 1. The number of aliphatic carboxylic acids is 1. The number of benzene rings is 1. The first-order chi connectivity index (χ1) is 9.52. The molecule has 3 N–H and O–H groups in total. The van der Waals surface area contributed by atoms with Gasteiger partial charge >= 0.3 is 5.97 Å². The molecule has 0 unspecified atom stereocenters. The Labute approximate surface area is 115 Å². The van der Waals surface area contributed by atoms with Crippen molar-refractivity contribution in [2.45, 2.75) is 18.9 Å². The second-order valence-electron chi connectivity index (χ2n) is 4.20. The van der Waals surface area contributed by atoms with E-state index >= 15 is 0 Å². The number of nitrogens with one attached hydrogen (secondary N) is 1. The molecule has 0 spiro atoms. The van der Waals surface area contributed by atoms with Crippen LogP contribution in [0, 0.1) is 0 Å². The molecule has 1 aromatic carbocycles. The number of hydrogen-bond acceptors (Lipinski definition) is 4. The van der Waals surface area contributed by atoms with Gasteiger partial charge in [-0.05, 0) is 12.0 Å². The van der Waals surface area contributed by atoms with Crippen molar-refractivity contribution in [1.82, 2.24) is 10.4 Å². The number of carboxylic acids is 1. The van der Waals surface area contributed by atoms with Crippen molar-refractivity contribution in [3.63, 3.8) is 0 Å². The molecule has 0 bridgehead atoms. The van der Waals surface area contributed by atoms with Crippen LogP contribution in [-0.2, 0) is 20.8 Å². The predicted octanol–water partition coefficient (Wildman–Crippen LogP) is 0.0362. The van der Waals surface area contributed by atoms with Crippen LogP contribution in [0.4, 0.5) is 0 Å². The van der Waals surface area contributed by atoms with E-state index in [1.54, 1.807) is 24.3 Å². The predicted molar refractivity (Wildman–Crippen MR) is 68.9 cm³/mol. The topological polar surface area (TPSA) is 107 Å². The minimum atomic E-state index is -1.16. The summed E-state index contributed by atoms with van der Waals surface area (Å²) >= 11 is 0. The zero-order chi connectivity index (χ0) is 15.0. The molecule has 0 fully saturated rings. The summed E-state index contributed by atoms with van der Waals surface area (Å²) < 4.78 is 0. The Balaban J connectivity index is 2.63. The Morgan fingerprint density at radius 1 is 1.30 bits per heavy atom. The molecule has 108 valence electrons. The van der Waals surface area contributed by atoms with Gasteiger partial charge in [0.1, 0.15) is 6.54 Å². The zero-order valence-electron chi connectivity index (χ0n) is 10.7. The van der Waals surface area contributed by atoms with Crippen LogP contribution < -0.4 is 5.32 Å². The summed E-state index contributed by atoms with van der Waals surface area (Å²) in [6.07, 6.45) is 0.325. The quantitative estimate of drug-likeness (QED) is 0.354. The molecule has 0 saturated carbocycles. The van der Waals surface area contributed by atoms with Gasteiger partial charge in [0.15, 0.2) is 0 Å². The highest BCUT2D eigenvalue weighted by Gasteiger charge is 2.20. The molecule has 7 heteroatoms. The molecule has 0 heterocycles. The summed E-state index contributed by atoms with van der Waals surface area (Å²) in [7, 11) is 0. The highest BCUT2D eigenvalue weighted by atomic mass is 16.5. The molecular formula is C13H16N2O5. The first kappa shape index (κ1) is 15.6. The summed E-state index contributed by atoms with van der Waals surface area (Å²) in [6, 6.07) is 8.30. The number of rotatable bonds is 8. The molecule has 0 aliphatic heterocycles. The average Bonchev–Trinajstić information content (AvgIpc) is 2.44. The van der Waals surface area contributed by atoms with Crippen LogP contribution >= 0.6 is 0 Å². The number of hydrogen-bond donors (Lipinski definition) is 3. The second-order valence-corrected chi connectivity index (χ2v) is 4.20. The fraction of sp³-hybridized carbons (Fsp3) is 0.308. The van der Waals surface area contributed by atoms with Crippen LogP contribution in [0.15, 0.2) is 30.3 Å². The summed E-state index contributed by atoms with van der Waals surface area (Å²) in [6.45, 7) is -0.497.